The summed E-state index contributed by atoms with van der Waals surface area (Å²) in [5.41, 5.74) is 5.77. The number of benzene rings is 2. The lowest BCUT2D eigenvalue weighted by molar-refractivity contribution is 0.648. The first-order valence-corrected chi connectivity index (χ1v) is 9.07. The number of nitrogens with zero attached hydrogens (tertiary/aromatic N) is 4. The van der Waals surface area contributed by atoms with Gasteiger partial charge in [0.15, 0.2) is 5.82 Å². The molecule has 0 spiro atoms. The molecule has 0 atom stereocenters. The van der Waals surface area contributed by atoms with Crippen molar-refractivity contribution in [2.75, 3.05) is 36.0 Å². The summed E-state index contributed by atoms with van der Waals surface area (Å²) in [7, 11) is 0. The van der Waals surface area contributed by atoms with Crippen LogP contribution in [0.15, 0.2) is 54.9 Å². The van der Waals surface area contributed by atoms with Crippen LogP contribution < -0.4 is 9.80 Å². The Balaban J connectivity index is 1.45. The van der Waals surface area contributed by atoms with Gasteiger partial charge in [0, 0.05) is 42.8 Å². The van der Waals surface area contributed by atoms with Crippen molar-refractivity contribution < 1.29 is 0 Å². The lowest BCUT2D eigenvalue weighted by Crippen LogP contribution is -2.47. The molecule has 3 heterocycles. The molecular weight excluding hydrogens is 322 g/mol. The van der Waals surface area contributed by atoms with E-state index in [-0.39, 0.29) is 0 Å². The van der Waals surface area contributed by atoms with Gasteiger partial charge in [0.25, 0.3) is 0 Å². The van der Waals surface area contributed by atoms with Crippen LogP contribution in [0.5, 0.6) is 0 Å². The molecule has 130 valence electrons. The number of hydrogen-bond donors (Lipinski definition) is 1. The van der Waals surface area contributed by atoms with Crippen LogP contribution >= 0.6 is 0 Å². The summed E-state index contributed by atoms with van der Waals surface area (Å²) in [5.74, 6) is 1.01. The minimum atomic E-state index is 0.954. The van der Waals surface area contributed by atoms with E-state index in [4.69, 9.17) is 0 Å². The minimum absolute atomic E-state index is 0.954. The summed E-state index contributed by atoms with van der Waals surface area (Å²) in [4.78, 5) is 17.5. The fourth-order valence-corrected chi connectivity index (χ4v) is 3.87. The SMILES string of the molecule is Cc1cccc(N2CCN(c3ncnc4c3[nH]c3ccccc34)CC2)c1. The minimum Gasteiger partial charge on any atom is -0.368 e. The Morgan fingerprint density at radius 3 is 2.54 bits per heavy atom. The predicted molar refractivity (Wildman–Crippen MR) is 107 cm³/mol. The van der Waals surface area contributed by atoms with Crippen molar-refractivity contribution in [1.29, 1.82) is 0 Å². The second kappa shape index (κ2) is 6.02. The molecule has 0 unspecified atom stereocenters. The van der Waals surface area contributed by atoms with E-state index in [1.807, 2.05) is 6.07 Å². The average Bonchev–Trinajstić information content (AvgIpc) is 3.07. The normalized spacial score (nSPS) is 15.1. The molecule has 0 saturated carbocycles. The molecule has 5 rings (SSSR count). The van der Waals surface area contributed by atoms with Gasteiger partial charge in [-0.25, -0.2) is 9.97 Å². The fourth-order valence-electron chi connectivity index (χ4n) is 3.87. The van der Waals surface area contributed by atoms with Crippen LogP contribution in [0, 0.1) is 6.92 Å². The third kappa shape index (κ3) is 2.47. The molecule has 26 heavy (non-hydrogen) atoms. The molecule has 4 aromatic rings. The maximum absolute atomic E-state index is 4.60. The van der Waals surface area contributed by atoms with Crippen molar-refractivity contribution in [2.24, 2.45) is 0 Å². The van der Waals surface area contributed by atoms with Gasteiger partial charge in [-0.3, -0.25) is 0 Å². The Labute approximate surface area is 152 Å². The molecule has 0 radical (unpaired) electrons. The van der Waals surface area contributed by atoms with Gasteiger partial charge in [0.05, 0.1) is 0 Å². The zero-order chi connectivity index (χ0) is 17.5. The zero-order valence-electron chi connectivity index (χ0n) is 14.8. The second-order valence-corrected chi connectivity index (χ2v) is 6.90. The molecule has 1 aliphatic heterocycles. The number of aryl methyl sites for hydroxylation is 1. The topological polar surface area (TPSA) is 48.1 Å². The van der Waals surface area contributed by atoms with Crippen molar-refractivity contribution >= 4 is 33.4 Å². The Bertz CT molecular complexity index is 1080. The van der Waals surface area contributed by atoms with Crippen LogP contribution in [-0.2, 0) is 0 Å². The van der Waals surface area contributed by atoms with Crippen LogP contribution in [0.4, 0.5) is 11.5 Å². The van der Waals surface area contributed by atoms with Gasteiger partial charge in [-0.05, 0) is 30.7 Å². The molecule has 1 N–H and O–H groups in total. The number of aromatic nitrogens is 3. The first kappa shape index (κ1) is 15.2. The fraction of sp³-hybridized carbons (Fsp3) is 0.238. The van der Waals surface area contributed by atoms with Gasteiger partial charge in [0.2, 0.25) is 0 Å². The van der Waals surface area contributed by atoms with E-state index in [2.05, 4.69) is 74.1 Å². The number of nitrogens with one attached hydrogen (secondary N) is 1. The quantitative estimate of drug-likeness (QED) is 0.602. The zero-order valence-corrected chi connectivity index (χ0v) is 14.8. The van der Waals surface area contributed by atoms with Crippen molar-refractivity contribution in [3.8, 4) is 0 Å². The molecule has 5 nitrogen and oxygen atoms in total. The third-order valence-corrected chi connectivity index (χ3v) is 5.22. The van der Waals surface area contributed by atoms with Gasteiger partial charge in [0.1, 0.15) is 17.4 Å². The molecular formula is C21H21N5. The maximum atomic E-state index is 4.60. The molecule has 2 aromatic heterocycles. The first-order valence-electron chi connectivity index (χ1n) is 9.07. The van der Waals surface area contributed by atoms with E-state index in [0.29, 0.717) is 0 Å². The maximum Gasteiger partial charge on any atom is 0.156 e. The number of hydrogen-bond acceptors (Lipinski definition) is 4. The van der Waals surface area contributed by atoms with E-state index in [9.17, 15) is 0 Å². The second-order valence-electron chi connectivity index (χ2n) is 6.90. The summed E-state index contributed by atoms with van der Waals surface area (Å²) in [6, 6.07) is 17.0. The highest BCUT2D eigenvalue weighted by Gasteiger charge is 2.21. The van der Waals surface area contributed by atoms with E-state index >= 15 is 0 Å². The smallest absolute Gasteiger partial charge is 0.156 e. The Morgan fingerprint density at radius 2 is 1.69 bits per heavy atom. The highest BCUT2D eigenvalue weighted by atomic mass is 15.3. The van der Waals surface area contributed by atoms with Crippen LogP contribution in [0.1, 0.15) is 5.56 Å². The monoisotopic (exact) mass is 343 g/mol. The number of piperazine rings is 1. The molecule has 1 aliphatic rings. The highest BCUT2D eigenvalue weighted by Crippen LogP contribution is 2.30. The molecule has 0 amide bonds. The van der Waals surface area contributed by atoms with Crippen LogP contribution in [-0.4, -0.2) is 41.1 Å². The molecule has 2 aromatic carbocycles. The Morgan fingerprint density at radius 1 is 0.885 bits per heavy atom. The van der Waals surface area contributed by atoms with E-state index in [1.165, 1.54) is 11.3 Å². The Hall–Kier alpha value is -3.08. The van der Waals surface area contributed by atoms with Gasteiger partial charge < -0.3 is 14.8 Å². The lowest BCUT2D eigenvalue weighted by atomic mass is 10.2. The largest absolute Gasteiger partial charge is 0.368 e. The van der Waals surface area contributed by atoms with Crippen molar-refractivity contribution in [3.05, 3.63) is 60.4 Å². The van der Waals surface area contributed by atoms with E-state index in [1.54, 1.807) is 6.33 Å². The van der Waals surface area contributed by atoms with Crippen molar-refractivity contribution in [3.63, 3.8) is 0 Å². The molecule has 0 bridgehead atoms. The molecule has 0 aliphatic carbocycles. The van der Waals surface area contributed by atoms with Gasteiger partial charge in [-0.2, -0.15) is 0 Å². The number of H-pyrrole nitrogens is 1. The highest BCUT2D eigenvalue weighted by molar-refractivity contribution is 6.08. The third-order valence-electron chi connectivity index (χ3n) is 5.22. The predicted octanol–water partition coefficient (Wildman–Crippen LogP) is 3.75. The van der Waals surface area contributed by atoms with Crippen LogP contribution in [0.3, 0.4) is 0 Å². The number of para-hydroxylation sites is 1. The van der Waals surface area contributed by atoms with Gasteiger partial charge in [-0.1, -0.05) is 30.3 Å². The number of rotatable bonds is 2. The Kier molecular flexibility index (Phi) is 3.52. The molecule has 1 fully saturated rings. The number of fused-ring (bicyclic) bond motifs is 3. The molecule has 1 saturated heterocycles. The van der Waals surface area contributed by atoms with Gasteiger partial charge >= 0.3 is 0 Å². The summed E-state index contributed by atoms with van der Waals surface area (Å²) in [6.07, 6.45) is 1.69. The summed E-state index contributed by atoms with van der Waals surface area (Å²) >= 11 is 0. The standard InChI is InChI=1S/C21H21N5/c1-15-5-4-6-16(13-15)25-9-11-26(12-10-25)21-20-19(22-14-23-21)17-7-2-3-8-18(17)24-20/h2-8,13-14,24H,9-12H2,1H3. The van der Waals surface area contributed by atoms with Gasteiger partial charge in [-0.15, -0.1) is 0 Å². The number of anilines is 2. The molecule has 5 heteroatoms. The van der Waals surface area contributed by atoms with Crippen LogP contribution in [0.2, 0.25) is 0 Å². The first-order chi connectivity index (χ1) is 12.8. The summed E-state index contributed by atoms with van der Waals surface area (Å²) in [6.45, 7) is 6.04. The lowest BCUT2D eigenvalue weighted by Gasteiger charge is -2.36. The van der Waals surface area contributed by atoms with E-state index in [0.717, 1.165) is 53.9 Å². The average molecular weight is 343 g/mol. The van der Waals surface area contributed by atoms with Crippen molar-refractivity contribution in [1.82, 2.24) is 15.0 Å². The van der Waals surface area contributed by atoms with Crippen molar-refractivity contribution in [2.45, 2.75) is 6.92 Å². The summed E-state index contributed by atoms with van der Waals surface area (Å²) < 4.78 is 0. The van der Waals surface area contributed by atoms with E-state index < -0.39 is 0 Å². The summed E-state index contributed by atoms with van der Waals surface area (Å²) in [5, 5.41) is 1.16. The van der Waals surface area contributed by atoms with Crippen LogP contribution in [0.25, 0.3) is 21.9 Å². The number of aromatic amines is 1.